The molecule has 2 aromatic heterocycles. The first-order valence-electron chi connectivity index (χ1n) is 15.6. The van der Waals surface area contributed by atoms with Gasteiger partial charge in [-0.2, -0.15) is 0 Å². The van der Waals surface area contributed by atoms with Crippen molar-refractivity contribution < 1.29 is 4.74 Å². The SMILES string of the molecule is c1ccc(C2(c3ccccc3)c3ccccc3Oc3cccc(-c4ccc(-c5ccc6ccc7cccnc7c6n5)cc4)c32)cc1. The molecule has 0 saturated heterocycles. The van der Waals surface area contributed by atoms with Crippen LogP contribution < -0.4 is 4.74 Å². The largest absolute Gasteiger partial charge is 0.457 e. The molecule has 0 aliphatic carbocycles. The Labute approximate surface area is 267 Å². The summed E-state index contributed by atoms with van der Waals surface area (Å²) >= 11 is 0. The number of rotatable bonds is 4. The molecule has 216 valence electrons. The molecule has 6 aromatic carbocycles. The third kappa shape index (κ3) is 3.99. The molecule has 3 heteroatoms. The van der Waals surface area contributed by atoms with Gasteiger partial charge in [0.15, 0.2) is 0 Å². The van der Waals surface area contributed by atoms with Gasteiger partial charge in [0.25, 0.3) is 0 Å². The van der Waals surface area contributed by atoms with E-state index in [0.29, 0.717) is 0 Å². The van der Waals surface area contributed by atoms with Gasteiger partial charge < -0.3 is 4.74 Å². The highest BCUT2D eigenvalue weighted by Crippen LogP contribution is 2.57. The average molecular weight is 589 g/mol. The molecular weight excluding hydrogens is 560 g/mol. The molecule has 46 heavy (non-hydrogen) atoms. The van der Waals surface area contributed by atoms with E-state index in [1.807, 2.05) is 18.3 Å². The number of fused-ring (bicyclic) bond motifs is 5. The molecule has 1 aliphatic rings. The summed E-state index contributed by atoms with van der Waals surface area (Å²) in [5.41, 5.74) is 10.2. The molecular formula is C43H28N2O. The molecule has 0 fully saturated rings. The van der Waals surface area contributed by atoms with E-state index in [1.54, 1.807) is 0 Å². The maximum Gasteiger partial charge on any atom is 0.132 e. The molecule has 0 atom stereocenters. The Balaban J connectivity index is 1.24. The summed E-state index contributed by atoms with van der Waals surface area (Å²) in [4.78, 5) is 9.74. The lowest BCUT2D eigenvalue weighted by Gasteiger charge is -2.42. The number of ether oxygens (including phenoxy) is 1. The Hall–Kier alpha value is -6.06. The molecule has 8 aromatic rings. The van der Waals surface area contributed by atoms with Gasteiger partial charge >= 0.3 is 0 Å². The highest BCUT2D eigenvalue weighted by Gasteiger charge is 2.46. The van der Waals surface area contributed by atoms with E-state index in [1.165, 1.54) is 11.1 Å². The average Bonchev–Trinajstić information content (AvgIpc) is 3.14. The van der Waals surface area contributed by atoms with Crippen molar-refractivity contribution in [3.8, 4) is 33.9 Å². The topological polar surface area (TPSA) is 35.0 Å². The fourth-order valence-corrected chi connectivity index (χ4v) is 7.21. The summed E-state index contributed by atoms with van der Waals surface area (Å²) in [6.07, 6.45) is 1.83. The zero-order valence-electron chi connectivity index (χ0n) is 25.0. The van der Waals surface area contributed by atoms with Crippen LogP contribution in [0.15, 0.2) is 170 Å². The number of aromatic nitrogens is 2. The van der Waals surface area contributed by atoms with Crippen molar-refractivity contribution in [2.45, 2.75) is 5.41 Å². The van der Waals surface area contributed by atoms with Gasteiger partial charge in [0.05, 0.1) is 22.1 Å². The lowest BCUT2D eigenvalue weighted by molar-refractivity contribution is 0.435. The zero-order chi connectivity index (χ0) is 30.5. The summed E-state index contributed by atoms with van der Waals surface area (Å²) in [6.45, 7) is 0. The van der Waals surface area contributed by atoms with Crippen LogP contribution in [0.3, 0.4) is 0 Å². The van der Waals surface area contributed by atoms with Crippen LogP contribution in [0.4, 0.5) is 0 Å². The Morgan fingerprint density at radius 1 is 0.457 bits per heavy atom. The van der Waals surface area contributed by atoms with Crippen molar-refractivity contribution in [2.24, 2.45) is 0 Å². The fourth-order valence-electron chi connectivity index (χ4n) is 7.21. The van der Waals surface area contributed by atoms with Crippen LogP contribution in [0.2, 0.25) is 0 Å². The van der Waals surface area contributed by atoms with Crippen LogP contribution >= 0.6 is 0 Å². The van der Waals surface area contributed by atoms with Crippen LogP contribution in [-0.4, -0.2) is 9.97 Å². The second-order valence-corrected chi connectivity index (χ2v) is 11.7. The predicted molar refractivity (Wildman–Crippen MR) is 186 cm³/mol. The number of hydrogen-bond donors (Lipinski definition) is 0. The van der Waals surface area contributed by atoms with Gasteiger partial charge in [-0.1, -0.05) is 140 Å². The normalized spacial score (nSPS) is 13.1. The molecule has 0 unspecified atom stereocenters. The van der Waals surface area contributed by atoms with E-state index in [-0.39, 0.29) is 0 Å². The molecule has 9 rings (SSSR count). The molecule has 0 N–H and O–H groups in total. The second kappa shape index (κ2) is 10.5. The van der Waals surface area contributed by atoms with Crippen molar-refractivity contribution in [2.75, 3.05) is 0 Å². The number of benzene rings is 6. The van der Waals surface area contributed by atoms with Gasteiger partial charge in [-0.25, -0.2) is 4.98 Å². The lowest BCUT2D eigenvalue weighted by Crippen LogP contribution is -2.34. The minimum Gasteiger partial charge on any atom is -0.457 e. The van der Waals surface area contributed by atoms with Crippen molar-refractivity contribution in [1.29, 1.82) is 0 Å². The predicted octanol–water partition coefficient (Wildman–Crippen LogP) is 10.6. The Bertz CT molecular complexity index is 2340. The summed E-state index contributed by atoms with van der Waals surface area (Å²) in [5, 5.41) is 2.17. The first kappa shape index (κ1) is 26.4. The van der Waals surface area contributed by atoms with Crippen molar-refractivity contribution >= 4 is 21.8 Å². The zero-order valence-corrected chi connectivity index (χ0v) is 25.0. The van der Waals surface area contributed by atoms with Gasteiger partial charge in [0, 0.05) is 33.7 Å². The van der Waals surface area contributed by atoms with Gasteiger partial charge in [-0.05, 0) is 46.5 Å². The molecule has 0 radical (unpaired) electrons. The summed E-state index contributed by atoms with van der Waals surface area (Å²) in [7, 11) is 0. The minimum absolute atomic E-state index is 0.587. The Kier molecular flexibility index (Phi) is 6.04. The number of hydrogen-bond acceptors (Lipinski definition) is 3. The standard InChI is InChI=1S/C43H28N2O/c1-3-12-33(13-4-1)43(34-14-5-2-6-15-34)36-17-7-8-18-38(36)46-39-19-9-16-35(40(39)43)29-20-22-30(23-21-29)37-27-26-32-25-24-31-11-10-28-44-41(31)42(32)45-37/h1-28H. The molecule has 0 amide bonds. The number of para-hydroxylation sites is 1. The third-order valence-corrected chi connectivity index (χ3v) is 9.25. The van der Waals surface area contributed by atoms with E-state index in [2.05, 4.69) is 157 Å². The molecule has 1 aliphatic heterocycles. The van der Waals surface area contributed by atoms with Crippen LogP contribution in [-0.2, 0) is 5.41 Å². The maximum atomic E-state index is 6.69. The first-order valence-corrected chi connectivity index (χ1v) is 15.6. The molecule has 3 heterocycles. The van der Waals surface area contributed by atoms with Crippen LogP contribution in [0.5, 0.6) is 11.5 Å². The van der Waals surface area contributed by atoms with E-state index in [0.717, 1.165) is 66.8 Å². The van der Waals surface area contributed by atoms with Crippen molar-refractivity contribution in [3.63, 3.8) is 0 Å². The molecule has 0 spiro atoms. The Morgan fingerprint density at radius 2 is 1.09 bits per heavy atom. The van der Waals surface area contributed by atoms with E-state index in [9.17, 15) is 0 Å². The summed E-state index contributed by atoms with van der Waals surface area (Å²) < 4.78 is 6.69. The first-order chi connectivity index (χ1) is 22.8. The van der Waals surface area contributed by atoms with Crippen molar-refractivity contribution in [3.05, 3.63) is 192 Å². The van der Waals surface area contributed by atoms with Gasteiger partial charge in [0.2, 0.25) is 0 Å². The van der Waals surface area contributed by atoms with Gasteiger partial charge in [-0.3, -0.25) is 4.98 Å². The highest BCUT2D eigenvalue weighted by atomic mass is 16.5. The number of nitrogens with zero attached hydrogens (tertiary/aromatic N) is 2. The molecule has 0 saturated carbocycles. The van der Waals surface area contributed by atoms with E-state index >= 15 is 0 Å². The van der Waals surface area contributed by atoms with Crippen molar-refractivity contribution in [1.82, 2.24) is 9.97 Å². The molecule has 0 bridgehead atoms. The third-order valence-electron chi connectivity index (χ3n) is 9.25. The van der Waals surface area contributed by atoms with Crippen LogP contribution in [0.1, 0.15) is 22.3 Å². The number of pyridine rings is 2. The van der Waals surface area contributed by atoms with Crippen LogP contribution in [0, 0.1) is 0 Å². The van der Waals surface area contributed by atoms with E-state index in [4.69, 9.17) is 9.72 Å². The lowest BCUT2D eigenvalue weighted by atomic mass is 9.62. The van der Waals surface area contributed by atoms with Gasteiger partial charge in [0.1, 0.15) is 11.5 Å². The highest BCUT2D eigenvalue weighted by molar-refractivity contribution is 6.03. The summed E-state index contributed by atoms with van der Waals surface area (Å²) in [5.74, 6) is 1.74. The smallest absolute Gasteiger partial charge is 0.132 e. The quantitative estimate of drug-likeness (QED) is 0.192. The molecule has 3 nitrogen and oxygen atoms in total. The maximum absolute atomic E-state index is 6.69. The second-order valence-electron chi connectivity index (χ2n) is 11.7. The van der Waals surface area contributed by atoms with Gasteiger partial charge in [-0.15, -0.1) is 0 Å². The Morgan fingerprint density at radius 3 is 1.85 bits per heavy atom. The minimum atomic E-state index is -0.587. The van der Waals surface area contributed by atoms with Crippen LogP contribution in [0.25, 0.3) is 44.2 Å². The fraction of sp³-hybridized carbons (Fsp3) is 0.0233. The summed E-state index contributed by atoms with van der Waals surface area (Å²) in [6, 6.07) is 57.8. The van der Waals surface area contributed by atoms with E-state index < -0.39 is 5.41 Å². The monoisotopic (exact) mass is 588 g/mol.